The maximum absolute atomic E-state index is 12.6. The summed E-state index contributed by atoms with van der Waals surface area (Å²) < 4.78 is 5.58. The number of thioether (sulfide) groups is 1. The molecule has 5 nitrogen and oxygen atoms in total. The van der Waals surface area contributed by atoms with Crippen LogP contribution in [0, 0.1) is 6.92 Å². The number of rotatable bonds is 2. The molecule has 25 heavy (non-hydrogen) atoms. The molecule has 2 aliphatic heterocycles. The number of nitrogens with zero attached hydrogens (tertiary/aromatic N) is 2. The molecule has 0 bridgehead atoms. The van der Waals surface area contributed by atoms with Gasteiger partial charge in [-0.2, -0.15) is 11.8 Å². The second-order valence-electron chi connectivity index (χ2n) is 6.91. The maximum Gasteiger partial charge on any atom is 0.321 e. The lowest BCUT2D eigenvalue weighted by Crippen LogP contribution is -2.53. The van der Waals surface area contributed by atoms with Crippen LogP contribution in [0.2, 0.25) is 0 Å². The fourth-order valence-electron chi connectivity index (χ4n) is 3.80. The van der Waals surface area contributed by atoms with Crippen molar-refractivity contribution in [1.82, 2.24) is 9.80 Å². The van der Waals surface area contributed by atoms with Crippen LogP contribution in [0.1, 0.15) is 18.6 Å². The molecule has 2 aliphatic rings. The van der Waals surface area contributed by atoms with E-state index in [0.29, 0.717) is 0 Å². The number of anilines is 1. The molecule has 1 aromatic heterocycles. The van der Waals surface area contributed by atoms with Gasteiger partial charge in [-0.15, -0.1) is 0 Å². The average Bonchev–Trinajstić information content (AvgIpc) is 3.02. The normalized spacial score (nSPS) is 20.1. The highest BCUT2D eigenvalue weighted by molar-refractivity contribution is 7.99. The van der Waals surface area contributed by atoms with Crippen molar-refractivity contribution in [2.45, 2.75) is 25.8 Å². The minimum Gasteiger partial charge on any atom is -0.461 e. The molecule has 2 amide bonds. The van der Waals surface area contributed by atoms with Gasteiger partial charge in [-0.05, 0) is 55.5 Å². The molecule has 6 heteroatoms. The molecule has 4 rings (SSSR count). The molecular weight excluding hydrogens is 334 g/mol. The fourth-order valence-corrected chi connectivity index (χ4v) is 4.88. The number of aryl methyl sites for hydroxylation is 1. The summed E-state index contributed by atoms with van der Waals surface area (Å²) in [7, 11) is 0. The summed E-state index contributed by atoms with van der Waals surface area (Å²) in [4.78, 5) is 17.1. The van der Waals surface area contributed by atoms with Crippen LogP contribution in [-0.2, 0) is 0 Å². The SMILES string of the molecule is Cc1cc2cc(NC(=O)N3CCN(C4CCSCC4)CC3)ccc2o1. The third kappa shape index (κ3) is 3.80. The quantitative estimate of drug-likeness (QED) is 0.886. The van der Waals surface area contributed by atoms with Gasteiger partial charge in [0.15, 0.2) is 0 Å². The summed E-state index contributed by atoms with van der Waals surface area (Å²) in [6, 6.07) is 8.50. The third-order valence-corrected chi connectivity index (χ3v) is 6.25. The second kappa shape index (κ2) is 7.30. The molecule has 0 aliphatic carbocycles. The lowest BCUT2D eigenvalue weighted by molar-refractivity contribution is 0.108. The van der Waals surface area contributed by atoms with Gasteiger partial charge in [0.25, 0.3) is 0 Å². The Morgan fingerprint density at radius 3 is 2.68 bits per heavy atom. The van der Waals surface area contributed by atoms with Crippen molar-refractivity contribution < 1.29 is 9.21 Å². The van der Waals surface area contributed by atoms with Crippen LogP contribution in [0.25, 0.3) is 11.0 Å². The zero-order valence-corrected chi connectivity index (χ0v) is 15.5. The molecule has 2 fully saturated rings. The molecule has 3 heterocycles. The molecule has 1 aromatic carbocycles. The Morgan fingerprint density at radius 1 is 1.16 bits per heavy atom. The van der Waals surface area contributed by atoms with E-state index in [-0.39, 0.29) is 6.03 Å². The number of hydrogen-bond acceptors (Lipinski definition) is 4. The van der Waals surface area contributed by atoms with Gasteiger partial charge in [0, 0.05) is 43.3 Å². The summed E-state index contributed by atoms with van der Waals surface area (Å²) in [5, 5.41) is 4.05. The van der Waals surface area contributed by atoms with E-state index in [4.69, 9.17) is 4.42 Å². The molecule has 2 aromatic rings. The summed E-state index contributed by atoms with van der Waals surface area (Å²) in [5.41, 5.74) is 1.68. The molecule has 2 saturated heterocycles. The van der Waals surface area contributed by atoms with Crippen LogP contribution in [0.5, 0.6) is 0 Å². The topological polar surface area (TPSA) is 48.7 Å². The first-order chi connectivity index (χ1) is 12.2. The van der Waals surface area contributed by atoms with Crippen molar-refractivity contribution in [3.63, 3.8) is 0 Å². The summed E-state index contributed by atoms with van der Waals surface area (Å²) in [6.07, 6.45) is 2.59. The van der Waals surface area contributed by atoms with Crippen molar-refractivity contribution in [3.05, 3.63) is 30.0 Å². The number of fused-ring (bicyclic) bond motifs is 1. The molecule has 0 saturated carbocycles. The van der Waals surface area contributed by atoms with Gasteiger partial charge in [0.05, 0.1) is 0 Å². The monoisotopic (exact) mass is 359 g/mol. The highest BCUT2D eigenvalue weighted by atomic mass is 32.2. The van der Waals surface area contributed by atoms with Crippen LogP contribution in [0.3, 0.4) is 0 Å². The predicted octanol–water partition coefficient (Wildman–Crippen LogP) is 3.79. The number of urea groups is 1. The minimum atomic E-state index is -0.00147. The van der Waals surface area contributed by atoms with Crippen molar-refractivity contribution in [2.24, 2.45) is 0 Å². The van der Waals surface area contributed by atoms with E-state index in [1.807, 2.05) is 36.1 Å². The Kier molecular flexibility index (Phi) is 4.90. The summed E-state index contributed by atoms with van der Waals surface area (Å²) in [5.74, 6) is 3.44. The number of furan rings is 1. The van der Waals surface area contributed by atoms with Gasteiger partial charge in [-0.25, -0.2) is 4.79 Å². The van der Waals surface area contributed by atoms with Gasteiger partial charge in [0.2, 0.25) is 0 Å². The lowest BCUT2D eigenvalue weighted by atomic mass is 10.1. The van der Waals surface area contributed by atoms with Crippen LogP contribution >= 0.6 is 11.8 Å². The minimum absolute atomic E-state index is 0.00147. The van der Waals surface area contributed by atoms with Crippen LogP contribution in [-0.4, -0.2) is 59.6 Å². The van der Waals surface area contributed by atoms with E-state index in [2.05, 4.69) is 22.0 Å². The number of benzene rings is 1. The molecule has 0 atom stereocenters. The standard InChI is InChI=1S/C19H25N3O2S/c1-14-12-15-13-16(2-3-18(15)24-14)20-19(23)22-8-6-21(7-9-22)17-4-10-25-11-5-17/h2-3,12-13,17H,4-11H2,1H3,(H,20,23). The Hall–Kier alpha value is -1.66. The number of piperazine rings is 1. The first-order valence-corrected chi connectivity index (χ1v) is 10.2. The highest BCUT2D eigenvalue weighted by Crippen LogP contribution is 2.24. The zero-order valence-electron chi connectivity index (χ0n) is 14.7. The first kappa shape index (κ1) is 16.8. The number of hydrogen-bond donors (Lipinski definition) is 1. The zero-order chi connectivity index (χ0) is 17.2. The van der Waals surface area contributed by atoms with Gasteiger partial charge < -0.3 is 14.6 Å². The molecule has 134 valence electrons. The lowest BCUT2D eigenvalue weighted by Gasteiger charge is -2.40. The highest BCUT2D eigenvalue weighted by Gasteiger charge is 2.27. The van der Waals surface area contributed by atoms with E-state index in [0.717, 1.165) is 54.6 Å². The number of carbonyl (C=O) groups is 1. The van der Waals surface area contributed by atoms with Gasteiger partial charge in [0.1, 0.15) is 11.3 Å². The van der Waals surface area contributed by atoms with E-state index in [9.17, 15) is 4.79 Å². The number of carbonyl (C=O) groups excluding carboxylic acids is 1. The van der Waals surface area contributed by atoms with Crippen molar-refractivity contribution in [2.75, 3.05) is 43.0 Å². The second-order valence-corrected chi connectivity index (χ2v) is 8.13. The van der Waals surface area contributed by atoms with Crippen LogP contribution < -0.4 is 5.32 Å². The van der Waals surface area contributed by atoms with Crippen LogP contribution in [0.4, 0.5) is 10.5 Å². The van der Waals surface area contributed by atoms with E-state index in [1.54, 1.807) is 0 Å². The molecule has 0 radical (unpaired) electrons. The maximum atomic E-state index is 12.6. The third-order valence-electron chi connectivity index (χ3n) is 5.20. The van der Waals surface area contributed by atoms with Gasteiger partial charge in [-0.3, -0.25) is 4.90 Å². The Labute approximate surface area is 152 Å². The van der Waals surface area contributed by atoms with E-state index < -0.39 is 0 Å². The predicted molar refractivity (Wildman–Crippen MR) is 103 cm³/mol. The fraction of sp³-hybridized carbons (Fsp3) is 0.526. The average molecular weight is 359 g/mol. The molecule has 0 unspecified atom stereocenters. The number of amides is 2. The molecule has 1 N–H and O–H groups in total. The summed E-state index contributed by atoms with van der Waals surface area (Å²) >= 11 is 2.06. The van der Waals surface area contributed by atoms with Gasteiger partial charge >= 0.3 is 6.03 Å². The van der Waals surface area contributed by atoms with Crippen LogP contribution in [0.15, 0.2) is 28.7 Å². The Balaban J connectivity index is 1.33. The van der Waals surface area contributed by atoms with Gasteiger partial charge in [-0.1, -0.05) is 0 Å². The van der Waals surface area contributed by atoms with Crippen molar-refractivity contribution in [1.29, 1.82) is 0 Å². The number of nitrogens with one attached hydrogen (secondary N) is 1. The van der Waals surface area contributed by atoms with E-state index >= 15 is 0 Å². The Morgan fingerprint density at radius 2 is 1.92 bits per heavy atom. The largest absolute Gasteiger partial charge is 0.461 e. The van der Waals surface area contributed by atoms with Crippen molar-refractivity contribution >= 4 is 34.4 Å². The molecular formula is C19H25N3O2S. The van der Waals surface area contributed by atoms with Crippen molar-refractivity contribution in [3.8, 4) is 0 Å². The Bertz CT molecular complexity index is 746. The smallest absolute Gasteiger partial charge is 0.321 e. The summed E-state index contributed by atoms with van der Waals surface area (Å²) in [6.45, 7) is 5.53. The first-order valence-electron chi connectivity index (χ1n) is 9.07. The van der Waals surface area contributed by atoms with E-state index in [1.165, 1.54) is 24.3 Å². The molecule has 0 spiro atoms.